The summed E-state index contributed by atoms with van der Waals surface area (Å²) in [5, 5.41) is 25.6. The molecular weight excluding hydrogens is 809 g/mol. The first-order valence-corrected chi connectivity index (χ1v) is 19.0. The Bertz CT molecular complexity index is 3140. The van der Waals surface area contributed by atoms with Gasteiger partial charge in [0, 0.05) is 89.2 Å². The number of carboxylic acid groups (broad SMARTS) is 1. The van der Waals surface area contributed by atoms with Crippen LogP contribution in [0.15, 0.2) is 117 Å². The van der Waals surface area contributed by atoms with Crippen LogP contribution >= 0.6 is 23.2 Å². The fourth-order valence-corrected chi connectivity index (χ4v) is 7.83. The quantitative estimate of drug-likeness (QED) is 0.105. The number of nitrogens with zero attached hydrogens (tertiary/aromatic N) is 2. The van der Waals surface area contributed by atoms with Crippen molar-refractivity contribution >= 4 is 68.9 Å². The van der Waals surface area contributed by atoms with Gasteiger partial charge in [0.2, 0.25) is 5.36 Å². The molecule has 8 rings (SSSR count). The van der Waals surface area contributed by atoms with Crippen molar-refractivity contribution in [3.05, 3.63) is 145 Å². The van der Waals surface area contributed by atoms with E-state index in [-0.39, 0.29) is 50.6 Å². The molecule has 0 aromatic heterocycles. The van der Waals surface area contributed by atoms with Gasteiger partial charge in [0.15, 0.2) is 5.43 Å². The molecule has 0 spiro atoms. The first-order valence-electron chi connectivity index (χ1n) is 18.2. The smallest absolute Gasteiger partial charge is 0.373 e. The van der Waals surface area contributed by atoms with Crippen molar-refractivity contribution in [1.82, 2.24) is 9.89 Å². The van der Waals surface area contributed by atoms with Crippen LogP contribution in [0.3, 0.4) is 0 Å². The van der Waals surface area contributed by atoms with Crippen LogP contribution < -0.4 is 25.6 Å². The molecule has 60 heavy (non-hydrogen) atoms. The highest BCUT2D eigenvalue weighted by Gasteiger charge is 2.30. The van der Waals surface area contributed by atoms with Gasteiger partial charge < -0.3 is 29.3 Å². The van der Waals surface area contributed by atoms with Crippen LogP contribution in [-0.4, -0.2) is 56.4 Å². The summed E-state index contributed by atoms with van der Waals surface area (Å²) in [6.45, 7) is 0.0753. The van der Waals surface area contributed by atoms with Gasteiger partial charge in [0.25, 0.3) is 5.91 Å². The van der Waals surface area contributed by atoms with E-state index in [2.05, 4.69) is 5.32 Å². The van der Waals surface area contributed by atoms with E-state index in [1.54, 1.807) is 18.2 Å². The molecule has 0 fully saturated rings. The van der Waals surface area contributed by atoms with E-state index >= 15 is 0 Å². The Morgan fingerprint density at radius 3 is 2.13 bits per heavy atom. The number of rotatable bonds is 7. The van der Waals surface area contributed by atoms with Gasteiger partial charge in [-0.3, -0.25) is 9.59 Å². The number of carboxylic acids is 1. The normalized spacial score (nSPS) is 11.0. The van der Waals surface area contributed by atoms with Crippen LogP contribution in [0.5, 0.6) is 5.75 Å². The van der Waals surface area contributed by atoms with Crippen LogP contribution in [0.2, 0.25) is 10.0 Å². The second kappa shape index (κ2) is 16.6. The number of phenols is 1. The van der Waals surface area contributed by atoms with E-state index in [4.69, 9.17) is 41.6 Å². The van der Waals surface area contributed by atoms with Crippen LogP contribution in [0, 0.1) is 0 Å². The van der Waals surface area contributed by atoms with Gasteiger partial charge in [0.1, 0.15) is 42.5 Å². The first-order chi connectivity index (χ1) is 28.7. The standard InChI is InChI=1S/C45H33Cl2N3O7.CO2/c1-49(2)25-8-12-31-35(17-25)56-36-18-26(50(3)4)9-13-32(36)40(31)42-41(45(54)55)34(46)21-33(43(42)47)44(53)48-22-23-6-5-7-24(16-23)39-29-14-10-27(51)19-37(29)57-38-20-28(52)11-15-30(38)39;2-1-3/h5-21H,22H2,1-4H3,(H2-,48,51,52,53,54,55);/p+1. The first kappa shape index (κ1) is 40.9. The number of hydrogen-bond donors (Lipinski definition) is 3. The molecule has 0 atom stereocenters. The third-order valence-corrected chi connectivity index (χ3v) is 10.7. The molecule has 2 heterocycles. The summed E-state index contributed by atoms with van der Waals surface area (Å²) < 4.78 is 14.4. The van der Waals surface area contributed by atoms with Gasteiger partial charge in [-0.2, -0.15) is 9.59 Å². The number of nitrogens with one attached hydrogen (secondary N) is 1. The number of halogens is 2. The van der Waals surface area contributed by atoms with E-state index in [1.807, 2.05) is 98.3 Å². The van der Waals surface area contributed by atoms with Crippen LogP contribution in [0.4, 0.5) is 5.69 Å². The van der Waals surface area contributed by atoms with E-state index in [0.717, 1.165) is 33.1 Å². The Balaban J connectivity index is 0.00000176. The highest BCUT2D eigenvalue weighted by Crippen LogP contribution is 2.47. The Kier molecular flexibility index (Phi) is 11.3. The van der Waals surface area contributed by atoms with E-state index in [9.17, 15) is 24.6 Å². The average molecular weight is 844 g/mol. The number of aromatic hydroxyl groups is 1. The topological polar surface area (TPSA) is 170 Å². The second-order valence-electron chi connectivity index (χ2n) is 14.2. The summed E-state index contributed by atoms with van der Waals surface area (Å²) >= 11 is 13.9. The molecule has 0 saturated carbocycles. The molecule has 2 aliphatic carbocycles. The van der Waals surface area contributed by atoms with Crippen molar-refractivity contribution in [2.45, 2.75) is 6.54 Å². The summed E-state index contributed by atoms with van der Waals surface area (Å²) in [5.74, 6) is -1.02. The lowest BCUT2D eigenvalue weighted by Gasteiger charge is -2.21. The molecule has 4 aromatic rings. The van der Waals surface area contributed by atoms with Gasteiger partial charge in [-0.25, -0.2) is 9.37 Å². The van der Waals surface area contributed by atoms with Crippen LogP contribution in [0.25, 0.3) is 66.8 Å². The van der Waals surface area contributed by atoms with E-state index in [1.165, 1.54) is 24.3 Å². The fourth-order valence-electron chi connectivity index (χ4n) is 7.21. The van der Waals surface area contributed by atoms with Crippen molar-refractivity contribution in [3.8, 4) is 50.7 Å². The highest BCUT2D eigenvalue weighted by atomic mass is 35.5. The molecule has 300 valence electrons. The maximum absolute atomic E-state index is 14.1. The van der Waals surface area contributed by atoms with E-state index in [0.29, 0.717) is 44.8 Å². The molecular formula is C46H34Cl2N3O9+. The largest absolute Gasteiger partial charge is 0.508 e. The van der Waals surface area contributed by atoms with Crippen molar-refractivity contribution in [2.24, 2.45) is 0 Å². The number of fused-ring (bicyclic) bond motifs is 4. The Morgan fingerprint density at radius 1 is 0.783 bits per heavy atom. The van der Waals surface area contributed by atoms with Crippen molar-refractivity contribution < 1.29 is 38.2 Å². The minimum absolute atomic E-state index is 0.00961. The molecule has 14 heteroatoms. The summed E-state index contributed by atoms with van der Waals surface area (Å²) in [5.41, 5.74) is 5.40. The molecule has 0 radical (unpaired) electrons. The fraction of sp³-hybridized carbons (Fsp3) is 0.109. The molecule has 1 amide bonds. The van der Waals surface area contributed by atoms with Gasteiger partial charge >= 0.3 is 12.1 Å². The zero-order valence-electron chi connectivity index (χ0n) is 32.4. The second-order valence-corrected chi connectivity index (χ2v) is 15.0. The lowest BCUT2D eigenvalue weighted by Crippen LogP contribution is -2.24. The SMILES string of the molecule is CN(C)c1ccc2c(-c3c(Cl)c(C(=O)NCc4cccc(-c5c6ccc(=O)cc-6oc6cc(O)ccc56)c4)cc(Cl)c3C(=O)O)c3ccc(=[N+](C)C)cc-3oc2c1.O=C=O. The number of benzene rings is 6. The molecule has 12 nitrogen and oxygen atoms in total. The maximum atomic E-state index is 14.1. The van der Waals surface area contributed by atoms with Crippen molar-refractivity contribution in [2.75, 3.05) is 33.1 Å². The lowest BCUT2D eigenvalue weighted by molar-refractivity contribution is -0.191. The molecule has 0 bridgehead atoms. The Hall–Kier alpha value is -7.24. The van der Waals surface area contributed by atoms with Crippen LogP contribution in [0.1, 0.15) is 26.3 Å². The minimum atomic E-state index is -1.31. The van der Waals surface area contributed by atoms with E-state index < -0.39 is 11.9 Å². The number of anilines is 1. The van der Waals surface area contributed by atoms with Gasteiger partial charge in [-0.1, -0.05) is 41.4 Å². The molecule has 4 aromatic carbocycles. The van der Waals surface area contributed by atoms with Crippen LogP contribution in [-0.2, 0) is 16.1 Å². The maximum Gasteiger partial charge on any atom is 0.373 e. The number of hydrogen-bond acceptors (Lipinski definition) is 9. The lowest BCUT2D eigenvalue weighted by atomic mass is 9.89. The molecule has 0 unspecified atom stereocenters. The van der Waals surface area contributed by atoms with Gasteiger partial charge in [0.05, 0.1) is 27.2 Å². The van der Waals surface area contributed by atoms with Crippen molar-refractivity contribution in [1.29, 1.82) is 0 Å². The number of amides is 1. The third kappa shape index (κ3) is 7.70. The molecule has 3 N–H and O–H groups in total. The third-order valence-electron chi connectivity index (χ3n) is 9.99. The number of aromatic carboxylic acids is 1. The zero-order chi connectivity index (χ0) is 43.0. The minimum Gasteiger partial charge on any atom is -0.508 e. The van der Waals surface area contributed by atoms with Crippen molar-refractivity contribution in [3.63, 3.8) is 0 Å². The Labute approximate surface area is 351 Å². The summed E-state index contributed by atoms with van der Waals surface area (Å²) in [6.07, 6.45) is 0.250. The average Bonchev–Trinajstić information content (AvgIpc) is 3.21. The number of carbonyl (C=O) groups is 2. The van der Waals surface area contributed by atoms with Gasteiger partial charge in [-0.15, -0.1) is 0 Å². The predicted octanol–water partition coefficient (Wildman–Crippen LogP) is 8.24. The summed E-state index contributed by atoms with van der Waals surface area (Å²) in [4.78, 5) is 57.5. The Morgan fingerprint density at radius 2 is 1.43 bits per heavy atom. The summed E-state index contributed by atoms with van der Waals surface area (Å²) in [7, 11) is 7.62. The summed E-state index contributed by atoms with van der Waals surface area (Å²) in [6, 6.07) is 29.4. The number of carbonyl (C=O) groups excluding carboxylic acids is 3. The molecule has 2 aliphatic heterocycles. The predicted molar refractivity (Wildman–Crippen MR) is 229 cm³/mol. The van der Waals surface area contributed by atoms with Gasteiger partial charge in [-0.05, 0) is 65.7 Å². The molecule has 0 saturated heterocycles. The monoisotopic (exact) mass is 842 g/mol. The number of phenolic OH excluding ortho intramolecular Hbond substituents is 1. The highest BCUT2D eigenvalue weighted by molar-refractivity contribution is 6.41. The molecule has 4 aliphatic rings. The zero-order valence-corrected chi connectivity index (χ0v) is 33.9.